The summed E-state index contributed by atoms with van der Waals surface area (Å²) in [7, 11) is 0. The Balaban J connectivity index is 2.79. The van der Waals surface area contributed by atoms with Gasteiger partial charge in [0.15, 0.2) is 5.78 Å². The molecule has 1 rings (SSSR count). The van der Waals surface area contributed by atoms with E-state index in [1.807, 2.05) is 13.8 Å². The molecule has 0 aliphatic carbocycles. The number of allylic oxidation sites excluding steroid dienone is 1. The van der Waals surface area contributed by atoms with Crippen molar-refractivity contribution in [1.29, 1.82) is 0 Å². The van der Waals surface area contributed by atoms with Crippen molar-refractivity contribution in [2.75, 3.05) is 0 Å². The van der Waals surface area contributed by atoms with Crippen molar-refractivity contribution in [1.82, 2.24) is 0 Å². The van der Waals surface area contributed by atoms with Crippen molar-refractivity contribution >= 4 is 17.4 Å². The maximum Gasteiger partial charge on any atom is 0.260 e. The van der Waals surface area contributed by atoms with Gasteiger partial charge < -0.3 is 0 Å². The minimum atomic E-state index is -0.649. The average Bonchev–Trinajstić information content (AvgIpc) is 2.45. The van der Waals surface area contributed by atoms with E-state index in [9.17, 15) is 9.59 Å². The molecule has 0 radical (unpaired) electrons. The van der Waals surface area contributed by atoms with Crippen LogP contribution in [-0.4, -0.2) is 17.4 Å². The first-order valence-corrected chi connectivity index (χ1v) is 5.76. The van der Waals surface area contributed by atoms with Crippen molar-refractivity contribution in [3.8, 4) is 0 Å². The Morgan fingerprint density at radius 2 is 2.06 bits per heavy atom. The van der Waals surface area contributed by atoms with Crippen LogP contribution in [0.25, 0.3) is 0 Å². The molecule has 1 heterocycles. The van der Waals surface area contributed by atoms with Crippen molar-refractivity contribution in [2.24, 2.45) is 16.8 Å². The number of Topliss-reactive ketones (excluding diaryl/α,β-unsaturated/α-hetero) is 1. The normalized spacial score (nSPS) is 22.0. The van der Waals surface area contributed by atoms with Crippen LogP contribution in [0.15, 0.2) is 16.6 Å². The van der Waals surface area contributed by atoms with E-state index in [2.05, 4.69) is 18.8 Å². The molecule has 0 aromatic heterocycles. The largest absolute Gasteiger partial charge is 0.292 e. The van der Waals surface area contributed by atoms with E-state index in [4.69, 9.17) is 0 Å². The summed E-state index contributed by atoms with van der Waals surface area (Å²) in [6, 6.07) is 0. The Bertz CT molecular complexity index is 362. The van der Waals surface area contributed by atoms with Crippen LogP contribution in [0.4, 0.5) is 0 Å². The highest BCUT2D eigenvalue weighted by molar-refractivity contribution is 6.49. The molecule has 1 aliphatic rings. The fraction of sp³-hybridized carbons (Fsp3) is 0.615. The molecule has 0 aromatic carbocycles. The van der Waals surface area contributed by atoms with Gasteiger partial charge in [0, 0.05) is 0 Å². The van der Waals surface area contributed by atoms with Gasteiger partial charge in [0.25, 0.3) is 5.91 Å². The van der Waals surface area contributed by atoms with Crippen LogP contribution >= 0.6 is 0 Å². The molecule has 3 heteroatoms. The molecule has 0 bridgehead atoms. The lowest BCUT2D eigenvalue weighted by atomic mass is 9.94. The molecule has 0 saturated carbocycles. The summed E-state index contributed by atoms with van der Waals surface area (Å²) in [4.78, 5) is 27.3. The summed E-state index contributed by atoms with van der Waals surface area (Å²) >= 11 is 0. The first-order valence-electron chi connectivity index (χ1n) is 5.76. The second-order valence-electron chi connectivity index (χ2n) is 4.70. The molecule has 3 nitrogen and oxygen atoms in total. The van der Waals surface area contributed by atoms with Crippen LogP contribution in [0.3, 0.4) is 0 Å². The lowest BCUT2D eigenvalue weighted by Gasteiger charge is -2.06. The molecule has 1 amide bonds. The van der Waals surface area contributed by atoms with E-state index < -0.39 is 5.92 Å². The van der Waals surface area contributed by atoms with Gasteiger partial charge in [-0.1, -0.05) is 31.9 Å². The minimum Gasteiger partial charge on any atom is -0.292 e. The minimum absolute atomic E-state index is 0.105. The van der Waals surface area contributed by atoms with Crippen LogP contribution in [0.1, 0.15) is 40.5 Å². The third-order valence-corrected chi connectivity index (χ3v) is 2.82. The molecule has 1 aliphatic heterocycles. The number of aliphatic imine (C=N–C) groups is 1. The van der Waals surface area contributed by atoms with Crippen LogP contribution in [0, 0.1) is 11.8 Å². The van der Waals surface area contributed by atoms with Gasteiger partial charge in [-0.2, -0.15) is 0 Å². The Labute approximate surface area is 96.6 Å². The molecule has 88 valence electrons. The lowest BCUT2D eigenvalue weighted by Crippen LogP contribution is -2.20. The zero-order chi connectivity index (χ0) is 12.3. The molecule has 0 saturated heterocycles. The van der Waals surface area contributed by atoms with E-state index in [1.54, 1.807) is 6.08 Å². The van der Waals surface area contributed by atoms with Crippen LogP contribution in [0.2, 0.25) is 0 Å². The van der Waals surface area contributed by atoms with Crippen molar-refractivity contribution in [3.63, 3.8) is 0 Å². The van der Waals surface area contributed by atoms with E-state index in [1.165, 1.54) is 0 Å². The smallest absolute Gasteiger partial charge is 0.260 e. The van der Waals surface area contributed by atoms with Crippen molar-refractivity contribution in [3.05, 3.63) is 11.6 Å². The number of hydrogen-bond donors (Lipinski definition) is 0. The topological polar surface area (TPSA) is 46.5 Å². The quantitative estimate of drug-likeness (QED) is 0.541. The maximum absolute atomic E-state index is 11.9. The van der Waals surface area contributed by atoms with E-state index >= 15 is 0 Å². The van der Waals surface area contributed by atoms with Gasteiger partial charge in [0.2, 0.25) is 0 Å². The molecule has 16 heavy (non-hydrogen) atoms. The Morgan fingerprint density at radius 1 is 1.44 bits per heavy atom. The number of amides is 1. The molecular formula is C13H19NO2. The Morgan fingerprint density at radius 3 is 2.56 bits per heavy atom. The predicted molar refractivity (Wildman–Crippen MR) is 64.4 cm³/mol. The lowest BCUT2D eigenvalue weighted by molar-refractivity contribution is -0.124. The van der Waals surface area contributed by atoms with Gasteiger partial charge >= 0.3 is 0 Å². The summed E-state index contributed by atoms with van der Waals surface area (Å²) in [5.41, 5.74) is 1.44. The zero-order valence-electron chi connectivity index (χ0n) is 10.4. The molecule has 0 aromatic rings. The first kappa shape index (κ1) is 12.8. The van der Waals surface area contributed by atoms with E-state index in [0.29, 0.717) is 18.1 Å². The maximum atomic E-state index is 11.9. The number of ketones is 1. The van der Waals surface area contributed by atoms with Crippen molar-refractivity contribution in [2.45, 2.75) is 40.5 Å². The molecule has 0 spiro atoms. The number of carbonyl (C=O) groups excluding carboxylic acids is 2. The second kappa shape index (κ2) is 5.19. The summed E-state index contributed by atoms with van der Waals surface area (Å²) in [5.74, 6) is -0.652. The first-order chi connectivity index (χ1) is 7.45. The van der Waals surface area contributed by atoms with Gasteiger partial charge in [-0.25, -0.2) is 4.99 Å². The molecule has 2 atom stereocenters. The second-order valence-corrected chi connectivity index (χ2v) is 4.70. The Kier molecular flexibility index (Phi) is 4.16. The SMILES string of the molecule is CCC(C)CC1=NC(=O)C(C=C(C)C)C1=O. The van der Waals surface area contributed by atoms with E-state index in [-0.39, 0.29) is 11.7 Å². The standard InChI is InChI=1S/C13H19NO2/c1-5-9(4)7-11-12(15)10(6-8(2)3)13(16)14-11/h6,9-10H,5,7H2,1-4H3. The fourth-order valence-electron chi connectivity index (χ4n) is 1.65. The number of rotatable bonds is 4. The zero-order valence-corrected chi connectivity index (χ0v) is 10.4. The monoisotopic (exact) mass is 221 g/mol. The van der Waals surface area contributed by atoms with Crippen LogP contribution in [-0.2, 0) is 9.59 Å². The number of nitrogens with zero attached hydrogens (tertiary/aromatic N) is 1. The predicted octanol–water partition coefficient (Wildman–Crippen LogP) is 2.56. The van der Waals surface area contributed by atoms with E-state index in [0.717, 1.165) is 12.0 Å². The van der Waals surface area contributed by atoms with Crippen LogP contribution in [0.5, 0.6) is 0 Å². The van der Waals surface area contributed by atoms with Crippen LogP contribution < -0.4 is 0 Å². The van der Waals surface area contributed by atoms with Crippen molar-refractivity contribution < 1.29 is 9.59 Å². The average molecular weight is 221 g/mol. The highest BCUT2D eigenvalue weighted by Gasteiger charge is 2.34. The van der Waals surface area contributed by atoms with Gasteiger partial charge in [-0.15, -0.1) is 0 Å². The van der Waals surface area contributed by atoms with Gasteiger partial charge in [-0.3, -0.25) is 9.59 Å². The van der Waals surface area contributed by atoms with Gasteiger partial charge in [-0.05, 0) is 26.2 Å². The molecule has 0 N–H and O–H groups in total. The third-order valence-electron chi connectivity index (χ3n) is 2.82. The number of carbonyl (C=O) groups is 2. The summed E-state index contributed by atoms with van der Waals surface area (Å²) in [6.07, 6.45) is 3.32. The molecule has 0 fully saturated rings. The highest BCUT2D eigenvalue weighted by Crippen LogP contribution is 2.20. The van der Waals surface area contributed by atoms with Gasteiger partial charge in [0.05, 0.1) is 5.71 Å². The summed E-state index contributed by atoms with van der Waals surface area (Å²) in [6.45, 7) is 7.90. The number of hydrogen-bond acceptors (Lipinski definition) is 2. The van der Waals surface area contributed by atoms with Gasteiger partial charge in [0.1, 0.15) is 5.92 Å². The summed E-state index contributed by atoms with van der Waals surface area (Å²) < 4.78 is 0. The highest BCUT2D eigenvalue weighted by atomic mass is 16.2. The summed E-state index contributed by atoms with van der Waals surface area (Å²) in [5, 5.41) is 0. The fourth-order valence-corrected chi connectivity index (χ4v) is 1.65. The Hall–Kier alpha value is -1.25. The third kappa shape index (κ3) is 2.87. The molecule has 2 unspecified atom stereocenters. The molecular weight excluding hydrogens is 202 g/mol.